The van der Waals surface area contributed by atoms with Crippen molar-refractivity contribution in [3.8, 4) is 0 Å². The standard InChI is InChI=1S/C29H42F4N6O/c1-18-5-4-8-37(13-18)14-19-9-24(29(31,32)33)25-16-38(28(40)39(25)15-19)23-11-21(10-22(30)12-23)26(20-6-3-7-20)27-35-34-17-36(27)2/h9,15-16,18,20-23,26-27,34-35H,3-8,10-14,17H2,1-2H3/t18-,21?,22?,23?,26-,27?/m0/s1. The number of aromatic nitrogens is 2. The maximum Gasteiger partial charge on any atom is 0.418 e. The smallest absolute Gasteiger partial charge is 0.299 e. The molecule has 2 aliphatic heterocycles. The Morgan fingerprint density at radius 2 is 1.88 bits per heavy atom. The first-order chi connectivity index (χ1) is 19.1. The van der Waals surface area contributed by atoms with Crippen molar-refractivity contribution < 1.29 is 17.6 Å². The van der Waals surface area contributed by atoms with E-state index in [0.717, 1.165) is 43.2 Å². The summed E-state index contributed by atoms with van der Waals surface area (Å²) in [5.41, 5.74) is 5.59. The number of hydrazine groups is 1. The van der Waals surface area contributed by atoms with Gasteiger partial charge in [-0.3, -0.25) is 18.8 Å². The Bertz CT molecular complexity index is 1260. The molecule has 6 atom stereocenters. The lowest BCUT2D eigenvalue weighted by atomic mass is 9.64. The molecule has 0 bridgehead atoms. The monoisotopic (exact) mass is 566 g/mol. The largest absolute Gasteiger partial charge is 0.418 e. The highest BCUT2D eigenvalue weighted by Gasteiger charge is 2.45. The Balaban J connectivity index is 1.33. The number of alkyl halides is 4. The summed E-state index contributed by atoms with van der Waals surface area (Å²) in [6.45, 7) is 4.90. The van der Waals surface area contributed by atoms with Crippen LogP contribution in [0.2, 0.25) is 0 Å². The number of nitrogens with zero attached hydrogens (tertiary/aromatic N) is 4. The Labute approximate surface area is 232 Å². The Morgan fingerprint density at radius 1 is 1.07 bits per heavy atom. The molecule has 4 unspecified atom stereocenters. The minimum atomic E-state index is -4.60. The van der Waals surface area contributed by atoms with Crippen LogP contribution < -0.4 is 16.5 Å². The van der Waals surface area contributed by atoms with Gasteiger partial charge in [0.2, 0.25) is 0 Å². The molecule has 4 fully saturated rings. The van der Waals surface area contributed by atoms with Crippen molar-refractivity contribution in [2.24, 2.45) is 23.7 Å². The van der Waals surface area contributed by atoms with E-state index in [1.807, 2.05) is 7.05 Å². The number of hydrogen-bond acceptors (Lipinski definition) is 5. The van der Waals surface area contributed by atoms with Gasteiger partial charge in [-0.1, -0.05) is 26.2 Å². The van der Waals surface area contributed by atoms with E-state index in [9.17, 15) is 18.0 Å². The van der Waals surface area contributed by atoms with Crippen LogP contribution in [0.15, 0.2) is 23.3 Å². The highest BCUT2D eigenvalue weighted by Crippen LogP contribution is 2.47. The number of hydrogen-bond donors (Lipinski definition) is 2. The zero-order chi connectivity index (χ0) is 28.2. The molecule has 0 spiro atoms. The topological polar surface area (TPSA) is 57.0 Å². The van der Waals surface area contributed by atoms with Crippen LogP contribution in [0, 0.1) is 23.7 Å². The molecule has 2 saturated heterocycles. The molecule has 2 aromatic heterocycles. The van der Waals surface area contributed by atoms with Gasteiger partial charge in [-0.2, -0.15) is 13.2 Å². The van der Waals surface area contributed by atoms with Crippen LogP contribution in [0.1, 0.15) is 75.5 Å². The SMILES string of the molecule is C[C@H]1CCCN(Cc2cc(C(F)(F)F)c3cn(C4CC(F)CC([C@H](C5CCC5)C5NNCN5C)C4)c(=O)n3c2)C1. The van der Waals surface area contributed by atoms with Gasteiger partial charge >= 0.3 is 11.9 Å². The number of likely N-dealkylation sites (tertiary alicyclic amines) is 1. The van der Waals surface area contributed by atoms with Gasteiger partial charge in [0.25, 0.3) is 0 Å². The molecule has 2 aromatic rings. The van der Waals surface area contributed by atoms with E-state index in [4.69, 9.17) is 0 Å². The minimum Gasteiger partial charge on any atom is -0.299 e. The first-order valence-corrected chi connectivity index (χ1v) is 15.0. The average molecular weight is 567 g/mol. The van der Waals surface area contributed by atoms with Crippen molar-refractivity contribution in [2.45, 2.75) is 89.4 Å². The Kier molecular flexibility index (Phi) is 7.78. The van der Waals surface area contributed by atoms with E-state index in [2.05, 4.69) is 27.6 Å². The van der Waals surface area contributed by atoms with Crippen LogP contribution in [0.3, 0.4) is 0 Å². The quantitative estimate of drug-likeness (QED) is 0.494. The molecule has 0 aromatic carbocycles. The fraction of sp³-hybridized carbons (Fsp3) is 0.759. The number of halogens is 4. The summed E-state index contributed by atoms with van der Waals surface area (Å²) in [6, 6.07) is 0.720. The molecular formula is C29H42F4N6O. The molecule has 6 rings (SSSR count). The Morgan fingerprint density at radius 3 is 2.52 bits per heavy atom. The second kappa shape index (κ2) is 11.0. The normalized spacial score (nSPS) is 32.0. The minimum absolute atomic E-state index is 0.0348. The zero-order valence-corrected chi connectivity index (χ0v) is 23.5. The van der Waals surface area contributed by atoms with Gasteiger partial charge in [-0.25, -0.2) is 20.0 Å². The molecule has 7 nitrogen and oxygen atoms in total. The lowest BCUT2D eigenvalue weighted by Crippen LogP contribution is -2.51. The van der Waals surface area contributed by atoms with Crippen LogP contribution in [0.4, 0.5) is 17.6 Å². The van der Waals surface area contributed by atoms with E-state index < -0.39 is 29.6 Å². The molecule has 2 saturated carbocycles. The number of pyridine rings is 1. The molecule has 11 heteroatoms. The van der Waals surface area contributed by atoms with E-state index in [1.165, 1.54) is 23.3 Å². The number of nitrogens with one attached hydrogen (secondary N) is 2. The van der Waals surface area contributed by atoms with Crippen molar-refractivity contribution in [1.82, 2.24) is 29.6 Å². The molecule has 40 heavy (non-hydrogen) atoms. The summed E-state index contributed by atoms with van der Waals surface area (Å²) in [6.07, 6.45) is 3.96. The summed E-state index contributed by atoms with van der Waals surface area (Å²) in [4.78, 5) is 18.1. The molecule has 2 N–H and O–H groups in total. The molecule has 4 aliphatic rings. The Hall–Kier alpha value is -1.95. The first kappa shape index (κ1) is 28.2. The van der Waals surface area contributed by atoms with Crippen molar-refractivity contribution in [3.63, 3.8) is 0 Å². The van der Waals surface area contributed by atoms with Crippen LogP contribution in [-0.4, -0.2) is 57.9 Å². The van der Waals surface area contributed by atoms with Gasteiger partial charge in [0.15, 0.2) is 0 Å². The highest BCUT2D eigenvalue weighted by molar-refractivity contribution is 5.56. The second-order valence-corrected chi connectivity index (χ2v) is 13.0. The van der Waals surface area contributed by atoms with Gasteiger partial charge in [-0.15, -0.1) is 0 Å². The van der Waals surface area contributed by atoms with Crippen molar-refractivity contribution >= 4 is 5.52 Å². The van der Waals surface area contributed by atoms with Crippen molar-refractivity contribution in [1.29, 1.82) is 0 Å². The van der Waals surface area contributed by atoms with E-state index in [1.54, 1.807) is 6.20 Å². The zero-order valence-electron chi connectivity index (χ0n) is 23.5. The summed E-state index contributed by atoms with van der Waals surface area (Å²) < 4.78 is 60.7. The summed E-state index contributed by atoms with van der Waals surface area (Å²) in [7, 11) is 2.04. The third kappa shape index (κ3) is 5.46. The molecule has 2 aliphatic carbocycles. The lowest BCUT2D eigenvalue weighted by molar-refractivity contribution is -0.136. The molecular weight excluding hydrogens is 524 g/mol. The molecule has 4 heterocycles. The summed E-state index contributed by atoms with van der Waals surface area (Å²) in [5, 5.41) is 0. The molecule has 0 amide bonds. The van der Waals surface area contributed by atoms with E-state index in [-0.39, 0.29) is 29.9 Å². The number of rotatable bonds is 6. The summed E-state index contributed by atoms with van der Waals surface area (Å²) >= 11 is 0. The van der Waals surface area contributed by atoms with Gasteiger partial charge in [0.05, 0.1) is 23.9 Å². The fourth-order valence-corrected chi connectivity index (χ4v) is 7.93. The third-order valence-electron chi connectivity index (χ3n) is 10.0. The van der Waals surface area contributed by atoms with Gasteiger partial charge in [0, 0.05) is 31.5 Å². The first-order valence-electron chi connectivity index (χ1n) is 15.0. The van der Waals surface area contributed by atoms with Gasteiger partial charge in [-0.05, 0) is 81.0 Å². The maximum absolute atomic E-state index is 15.4. The lowest BCUT2D eigenvalue weighted by Gasteiger charge is -2.46. The van der Waals surface area contributed by atoms with Gasteiger partial charge in [0.1, 0.15) is 6.17 Å². The van der Waals surface area contributed by atoms with Crippen LogP contribution in [-0.2, 0) is 12.7 Å². The van der Waals surface area contributed by atoms with E-state index in [0.29, 0.717) is 43.5 Å². The van der Waals surface area contributed by atoms with Gasteiger partial charge < -0.3 is 0 Å². The highest BCUT2D eigenvalue weighted by atomic mass is 19.4. The van der Waals surface area contributed by atoms with Crippen LogP contribution in [0.5, 0.6) is 0 Å². The molecule has 222 valence electrons. The molecule has 0 radical (unpaired) electrons. The number of piperidine rings is 1. The fourth-order valence-electron chi connectivity index (χ4n) is 7.93. The van der Waals surface area contributed by atoms with Crippen LogP contribution >= 0.6 is 0 Å². The average Bonchev–Trinajstić information content (AvgIpc) is 3.42. The number of fused-ring (bicyclic) bond motifs is 1. The summed E-state index contributed by atoms with van der Waals surface area (Å²) in [5.74, 6) is 1.23. The number of imidazole rings is 1. The van der Waals surface area contributed by atoms with E-state index >= 15 is 4.39 Å². The third-order valence-corrected chi connectivity index (χ3v) is 10.0. The predicted molar refractivity (Wildman–Crippen MR) is 145 cm³/mol. The predicted octanol–water partition coefficient (Wildman–Crippen LogP) is 4.77. The van der Waals surface area contributed by atoms with Crippen molar-refractivity contribution in [2.75, 3.05) is 26.8 Å². The second-order valence-electron chi connectivity index (χ2n) is 13.0. The van der Waals surface area contributed by atoms with Crippen molar-refractivity contribution in [3.05, 3.63) is 40.1 Å². The maximum atomic E-state index is 15.4. The van der Waals surface area contributed by atoms with Crippen LogP contribution in [0.25, 0.3) is 5.52 Å².